The van der Waals surface area contributed by atoms with Gasteiger partial charge in [0.2, 0.25) is 0 Å². The summed E-state index contributed by atoms with van der Waals surface area (Å²) < 4.78 is 0. The molecule has 0 saturated carbocycles. The topological polar surface area (TPSA) is 0 Å². The van der Waals surface area contributed by atoms with Crippen LogP contribution in [-0.2, 0) is 0 Å². The van der Waals surface area contributed by atoms with Gasteiger partial charge in [-0.2, -0.15) is 0 Å². The van der Waals surface area contributed by atoms with Gasteiger partial charge in [0.05, 0.1) is 0 Å². The van der Waals surface area contributed by atoms with Gasteiger partial charge in [0.15, 0.2) is 0 Å². The van der Waals surface area contributed by atoms with Gasteiger partial charge in [-0.3, -0.25) is 0 Å². The van der Waals surface area contributed by atoms with Gasteiger partial charge in [0.25, 0.3) is 0 Å². The first-order valence-electron chi connectivity index (χ1n) is 15.1. The normalized spacial score (nSPS) is 11.7. The van der Waals surface area contributed by atoms with Gasteiger partial charge in [-0.25, -0.2) is 0 Å². The van der Waals surface area contributed by atoms with E-state index in [1.807, 2.05) is 0 Å². The minimum Gasteiger partial charge on any atom is -0.0885 e. The van der Waals surface area contributed by atoms with E-state index in [9.17, 15) is 0 Å². The van der Waals surface area contributed by atoms with Crippen molar-refractivity contribution in [2.75, 3.05) is 0 Å². The van der Waals surface area contributed by atoms with Gasteiger partial charge in [0, 0.05) is 0 Å². The lowest BCUT2D eigenvalue weighted by atomic mass is 10.0. The van der Waals surface area contributed by atoms with Crippen molar-refractivity contribution in [2.45, 2.75) is 187 Å². The Morgan fingerprint density at radius 3 is 0.677 bits per heavy atom. The van der Waals surface area contributed by atoms with Crippen LogP contribution in [0.3, 0.4) is 0 Å². The molecule has 0 aliphatic carbocycles. The maximum Gasteiger partial charge on any atom is -0.0351 e. The first-order valence-corrected chi connectivity index (χ1v) is 15.1. The fourth-order valence-corrected chi connectivity index (χ4v) is 4.62. The molecular weight excluding hydrogens is 372 g/mol. The molecule has 0 aliphatic heterocycles. The Morgan fingerprint density at radius 2 is 0.452 bits per heavy atom. The number of hydrogen-bond donors (Lipinski definition) is 0. The van der Waals surface area contributed by atoms with Gasteiger partial charge in [-0.05, 0) is 25.7 Å². The summed E-state index contributed by atoms with van der Waals surface area (Å²) in [7, 11) is 0. The lowest BCUT2D eigenvalue weighted by Gasteiger charge is -2.03. The molecule has 0 nitrogen and oxygen atoms in total. The molecule has 186 valence electrons. The molecule has 0 radical (unpaired) electrons. The third kappa shape index (κ3) is 29.7. The largest absolute Gasteiger partial charge is 0.0885 e. The Morgan fingerprint density at radius 1 is 0.258 bits per heavy atom. The Balaban J connectivity index is 3.06. The van der Waals surface area contributed by atoms with E-state index in [0.29, 0.717) is 0 Å². The van der Waals surface area contributed by atoms with Crippen molar-refractivity contribution in [3.63, 3.8) is 0 Å². The molecule has 0 heteroatoms. The second-order valence-corrected chi connectivity index (χ2v) is 10.2. The van der Waals surface area contributed by atoms with Crippen LogP contribution in [0.25, 0.3) is 0 Å². The molecule has 0 aromatic heterocycles. The van der Waals surface area contributed by atoms with Crippen LogP contribution in [-0.4, -0.2) is 0 Å². The number of hydrogen-bond acceptors (Lipinski definition) is 0. The van der Waals surface area contributed by atoms with E-state index in [0.717, 1.165) is 0 Å². The standard InChI is InChI=1S/C31H62/c1-3-5-7-9-11-13-15-17-19-21-23-25-27-29-31-30-28-26-24-22-20-18-16-14-12-10-8-6-4-2/h25,27H,3-24,26,28-31H2,1-2H3. The predicted octanol–water partition coefficient (Wildman–Crippen LogP) is 12.1. The van der Waals surface area contributed by atoms with Crippen LogP contribution in [0.2, 0.25) is 0 Å². The molecule has 0 unspecified atom stereocenters. The molecule has 0 heterocycles. The van der Waals surface area contributed by atoms with Crippen LogP contribution in [0.5, 0.6) is 0 Å². The van der Waals surface area contributed by atoms with E-state index in [2.05, 4.69) is 26.0 Å². The van der Waals surface area contributed by atoms with Crippen molar-refractivity contribution in [1.82, 2.24) is 0 Å². The lowest BCUT2D eigenvalue weighted by Crippen LogP contribution is -1.83. The second-order valence-electron chi connectivity index (χ2n) is 10.2. The van der Waals surface area contributed by atoms with Crippen molar-refractivity contribution in [3.05, 3.63) is 12.2 Å². The van der Waals surface area contributed by atoms with Crippen LogP contribution in [0.4, 0.5) is 0 Å². The summed E-state index contributed by atoms with van der Waals surface area (Å²) in [5.74, 6) is 0. The van der Waals surface area contributed by atoms with Crippen molar-refractivity contribution in [2.24, 2.45) is 0 Å². The van der Waals surface area contributed by atoms with E-state index < -0.39 is 0 Å². The van der Waals surface area contributed by atoms with Crippen LogP contribution < -0.4 is 0 Å². The van der Waals surface area contributed by atoms with Crippen LogP contribution in [0.1, 0.15) is 187 Å². The van der Waals surface area contributed by atoms with Crippen molar-refractivity contribution < 1.29 is 0 Å². The minimum atomic E-state index is 1.31. The summed E-state index contributed by atoms with van der Waals surface area (Å²) in [4.78, 5) is 0. The highest BCUT2D eigenvalue weighted by Crippen LogP contribution is 2.14. The molecule has 0 amide bonds. The third-order valence-corrected chi connectivity index (χ3v) is 6.87. The molecule has 0 rings (SSSR count). The number of unbranched alkanes of at least 4 members (excludes halogenated alkanes) is 25. The molecule has 0 aromatic carbocycles. The lowest BCUT2D eigenvalue weighted by molar-refractivity contribution is 0.533. The Kier molecular flexibility index (Phi) is 29.5. The Hall–Kier alpha value is -0.260. The highest BCUT2D eigenvalue weighted by molar-refractivity contribution is 4.81. The first kappa shape index (κ1) is 30.7. The van der Waals surface area contributed by atoms with E-state index in [4.69, 9.17) is 0 Å². The highest BCUT2D eigenvalue weighted by Gasteiger charge is 1.94. The zero-order valence-corrected chi connectivity index (χ0v) is 22.2. The van der Waals surface area contributed by atoms with Gasteiger partial charge < -0.3 is 0 Å². The third-order valence-electron chi connectivity index (χ3n) is 6.87. The van der Waals surface area contributed by atoms with Gasteiger partial charge in [0.1, 0.15) is 0 Å². The smallest absolute Gasteiger partial charge is 0.0351 e. The molecule has 0 fully saturated rings. The molecule has 0 aromatic rings. The van der Waals surface area contributed by atoms with Crippen molar-refractivity contribution in [3.8, 4) is 0 Å². The molecular formula is C31H62. The molecule has 0 saturated heterocycles. The maximum absolute atomic E-state index is 2.45. The summed E-state index contributed by atoms with van der Waals surface area (Å²) >= 11 is 0. The summed E-state index contributed by atoms with van der Waals surface area (Å²) in [6.45, 7) is 4.60. The Labute approximate surface area is 199 Å². The van der Waals surface area contributed by atoms with E-state index in [-0.39, 0.29) is 0 Å². The predicted molar refractivity (Wildman–Crippen MR) is 145 cm³/mol. The second kappa shape index (κ2) is 29.7. The SMILES string of the molecule is CCCCCCCCCCCCC=CCCCCCCCCCCCCCCCCC. The molecule has 0 atom stereocenters. The summed E-state index contributed by atoms with van der Waals surface area (Å²) in [5.41, 5.74) is 0. The maximum atomic E-state index is 2.45. The van der Waals surface area contributed by atoms with Gasteiger partial charge >= 0.3 is 0 Å². The highest BCUT2D eigenvalue weighted by atomic mass is 14.0. The fraction of sp³-hybridized carbons (Fsp3) is 0.935. The molecule has 31 heavy (non-hydrogen) atoms. The van der Waals surface area contributed by atoms with E-state index in [1.165, 1.54) is 173 Å². The van der Waals surface area contributed by atoms with Crippen LogP contribution in [0.15, 0.2) is 12.2 Å². The summed E-state index contributed by atoms with van der Waals surface area (Å²) in [5, 5.41) is 0. The van der Waals surface area contributed by atoms with E-state index in [1.54, 1.807) is 0 Å². The first-order chi connectivity index (χ1) is 15.4. The number of allylic oxidation sites excluding steroid dienone is 2. The van der Waals surface area contributed by atoms with Crippen LogP contribution in [0, 0.1) is 0 Å². The van der Waals surface area contributed by atoms with Gasteiger partial charge in [-0.15, -0.1) is 0 Å². The van der Waals surface area contributed by atoms with E-state index >= 15 is 0 Å². The molecule has 0 spiro atoms. The zero-order chi connectivity index (χ0) is 22.5. The monoisotopic (exact) mass is 434 g/mol. The summed E-state index contributed by atoms with van der Waals surface area (Å²) in [6, 6.07) is 0. The molecule has 0 N–H and O–H groups in total. The fourth-order valence-electron chi connectivity index (χ4n) is 4.62. The summed E-state index contributed by atoms with van der Waals surface area (Å²) in [6.07, 6.45) is 43.9. The average Bonchev–Trinajstić information content (AvgIpc) is 2.78. The average molecular weight is 435 g/mol. The molecule has 0 bridgehead atoms. The minimum absolute atomic E-state index is 1.31. The molecule has 0 aliphatic rings. The number of rotatable bonds is 27. The van der Waals surface area contributed by atoms with Crippen molar-refractivity contribution in [1.29, 1.82) is 0 Å². The van der Waals surface area contributed by atoms with Gasteiger partial charge in [-0.1, -0.05) is 174 Å². The zero-order valence-electron chi connectivity index (χ0n) is 22.2. The quantitative estimate of drug-likeness (QED) is 0.0890. The Bertz CT molecular complexity index is 316. The van der Waals surface area contributed by atoms with Crippen molar-refractivity contribution >= 4 is 0 Å². The van der Waals surface area contributed by atoms with Crippen LogP contribution >= 0.6 is 0 Å².